The SMILES string of the molecule is CCCCCCCCC(C)C(N)C(O)C(=O)O. The largest absolute Gasteiger partial charge is 0.479 e. The number of carboxylic acids is 1. The van der Waals surface area contributed by atoms with Crippen LogP contribution in [0.4, 0.5) is 0 Å². The van der Waals surface area contributed by atoms with Crippen molar-refractivity contribution in [2.24, 2.45) is 11.7 Å². The number of carbonyl (C=O) groups is 1. The first-order valence-electron chi connectivity index (χ1n) is 6.67. The molecule has 0 bridgehead atoms. The van der Waals surface area contributed by atoms with Crippen LogP contribution in [0.2, 0.25) is 0 Å². The van der Waals surface area contributed by atoms with E-state index in [2.05, 4.69) is 6.92 Å². The molecule has 0 heterocycles. The molecule has 0 saturated carbocycles. The van der Waals surface area contributed by atoms with Gasteiger partial charge in [-0.3, -0.25) is 0 Å². The van der Waals surface area contributed by atoms with Gasteiger partial charge in [0.1, 0.15) is 0 Å². The smallest absolute Gasteiger partial charge is 0.334 e. The molecule has 0 aromatic carbocycles. The van der Waals surface area contributed by atoms with Gasteiger partial charge in [-0.2, -0.15) is 0 Å². The van der Waals surface area contributed by atoms with Crippen LogP contribution in [-0.4, -0.2) is 28.3 Å². The van der Waals surface area contributed by atoms with Crippen molar-refractivity contribution in [3.8, 4) is 0 Å². The highest BCUT2D eigenvalue weighted by atomic mass is 16.4. The second-order valence-electron chi connectivity index (χ2n) is 4.89. The molecule has 3 atom stereocenters. The predicted molar refractivity (Wildman–Crippen MR) is 68.8 cm³/mol. The van der Waals surface area contributed by atoms with E-state index in [9.17, 15) is 9.90 Å². The Balaban J connectivity index is 3.64. The topological polar surface area (TPSA) is 83.5 Å². The first kappa shape index (κ1) is 16.4. The molecule has 4 N–H and O–H groups in total. The Morgan fingerprint density at radius 1 is 1.18 bits per heavy atom. The predicted octanol–water partition coefficient (Wildman–Crippen LogP) is 2.15. The molecule has 17 heavy (non-hydrogen) atoms. The minimum Gasteiger partial charge on any atom is -0.479 e. The average molecular weight is 245 g/mol. The summed E-state index contributed by atoms with van der Waals surface area (Å²) in [6.07, 6.45) is 6.71. The summed E-state index contributed by atoms with van der Waals surface area (Å²) in [5, 5.41) is 18.0. The number of aliphatic hydroxyl groups excluding tert-OH is 1. The zero-order valence-corrected chi connectivity index (χ0v) is 11.1. The van der Waals surface area contributed by atoms with Crippen molar-refractivity contribution in [3.05, 3.63) is 0 Å². The summed E-state index contributed by atoms with van der Waals surface area (Å²) in [6, 6.07) is -0.664. The standard InChI is InChI=1S/C13H27NO3/c1-3-4-5-6-7-8-9-10(2)11(14)12(15)13(16)17/h10-12,15H,3-9,14H2,1-2H3,(H,16,17). The highest BCUT2D eigenvalue weighted by Gasteiger charge is 2.26. The molecule has 0 amide bonds. The second kappa shape index (κ2) is 9.42. The fraction of sp³-hybridized carbons (Fsp3) is 0.923. The van der Waals surface area contributed by atoms with Crippen molar-refractivity contribution in [2.45, 2.75) is 70.9 Å². The van der Waals surface area contributed by atoms with Gasteiger partial charge in [0, 0.05) is 6.04 Å². The molecule has 102 valence electrons. The Morgan fingerprint density at radius 2 is 1.71 bits per heavy atom. The van der Waals surface area contributed by atoms with E-state index in [1.165, 1.54) is 32.1 Å². The number of unbranched alkanes of at least 4 members (excludes halogenated alkanes) is 5. The molecule has 4 nitrogen and oxygen atoms in total. The molecule has 0 aliphatic heterocycles. The lowest BCUT2D eigenvalue weighted by Gasteiger charge is -2.22. The Kier molecular flexibility index (Phi) is 9.09. The van der Waals surface area contributed by atoms with Crippen molar-refractivity contribution >= 4 is 5.97 Å². The molecule has 0 aliphatic carbocycles. The van der Waals surface area contributed by atoms with Crippen molar-refractivity contribution < 1.29 is 15.0 Å². The van der Waals surface area contributed by atoms with E-state index in [-0.39, 0.29) is 5.92 Å². The Bertz CT molecular complexity index is 209. The van der Waals surface area contributed by atoms with Crippen LogP contribution in [0.3, 0.4) is 0 Å². The summed E-state index contributed by atoms with van der Waals surface area (Å²) in [7, 11) is 0. The summed E-state index contributed by atoms with van der Waals surface area (Å²) >= 11 is 0. The van der Waals surface area contributed by atoms with E-state index in [0.717, 1.165) is 12.8 Å². The number of hydrogen-bond donors (Lipinski definition) is 3. The van der Waals surface area contributed by atoms with Crippen LogP contribution in [0, 0.1) is 5.92 Å². The van der Waals surface area contributed by atoms with Gasteiger partial charge in [0.15, 0.2) is 6.10 Å². The van der Waals surface area contributed by atoms with E-state index < -0.39 is 18.1 Å². The van der Waals surface area contributed by atoms with E-state index in [0.29, 0.717) is 0 Å². The summed E-state index contributed by atoms with van der Waals surface area (Å²) in [6.45, 7) is 4.09. The van der Waals surface area contributed by atoms with E-state index in [1.807, 2.05) is 6.92 Å². The molecular formula is C13H27NO3. The fourth-order valence-corrected chi connectivity index (χ4v) is 1.91. The number of nitrogens with two attached hydrogens (primary N) is 1. The molecule has 0 spiro atoms. The molecule has 0 rings (SSSR count). The zero-order chi connectivity index (χ0) is 13.3. The van der Waals surface area contributed by atoms with Gasteiger partial charge in [-0.15, -0.1) is 0 Å². The van der Waals surface area contributed by atoms with Gasteiger partial charge in [-0.1, -0.05) is 52.4 Å². The lowest BCUT2D eigenvalue weighted by Crippen LogP contribution is -2.44. The highest BCUT2D eigenvalue weighted by Crippen LogP contribution is 2.16. The number of hydrogen-bond acceptors (Lipinski definition) is 3. The Morgan fingerprint density at radius 3 is 2.24 bits per heavy atom. The summed E-state index contributed by atoms with van der Waals surface area (Å²) in [5.74, 6) is -1.18. The zero-order valence-electron chi connectivity index (χ0n) is 11.1. The van der Waals surface area contributed by atoms with Gasteiger partial charge in [-0.25, -0.2) is 4.79 Å². The Hall–Kier alpha value is -0.610. The van der Waals surface area contributed by atoms with E-state index >= 15 is 0 Å². The van der Waals surface area contributed by atoms with Gasteiger partial charge >= 0.3 is 5.97 Å². The van der Waals surface area contributed by atoms with Crippen molar-refractivity contribution in [2.75, 3.05) is 0 Å². The minimum absolute atomic E-state index is 0.0484. The van der Waals surface area contributed by atoms with Crippen LogP contribution in [0.15, 0.2) is 0 Å². The summed E-state index contributed by atoms with van der Waals surface area (Å²) < 4.78 is 0. The number of carboxylic acid groups (broad SMARTS) is 1. The van der Waals surface area contributed by atoms with Crippen LogP contribution in [-0.2, 0) is 4.79 Å². The quantitative estimate of drug-likeness (QED) is 0.515. The maximum atomic E-state index is 10.6. The number of rotatable bonds is 10. The maximum Gasteiger partial charge on any atom is 0.334 e. The molecule has 0 aromatic rings. The molecular weight excluding hydrogens is 218 g/mol. The van der Waals surface area contributed by atoms with Crippen molar-refractivity contribution in [1.82, 2.24) is 0 Å². The minimum atomic E-state index is -1.44. The van der Waals surface area contributed by atoms with Crippen molar-refractivity contribution in [3.63, 3.8) is 0 Å². The van der Waals surface area contributed by atoms with Crippen LogP contribution in [0.1, 0.15) is 58.8 Å². The van der Waals surface area contributed by atoms with Gasteiger partial charge in [0.05, 0.1) is 0 Å². The molecule has 0 saturated heterocycles. The molecule has 0 radical (unpaired) electrons. The maximum absolute atomic E-state index is 10.6. The number of aliphatic carboxylic acids is 1. The van der Waals surface area contributed by atoms with Crippen LogP contribution >= 0.6 is 0 Å². The van der Waals surface area contributed by atoms with Gasteiger partial charge in [-0.05, 0) is 12.3 Å². The van der Waals surface area contributed by atoms with E-state index in [1.54, 1.807) is 0 Å². The van der Waals surface area contributed by atoms with Crippen molar-refractivity contribution in [1.29, 1.82) is 0 Å². The average Bonchev–Trinajstić information content (AvgIpc) is 2.31. The highest BCUT2D eigenvalue weighted by molar-refractivity contribution is 5.72. The summed E-state index contributed by atoms with van der Waals surface area (Å²) in [4.78, 5) is 10.6. The van der Waals surface area contributed by atoms with Gasteiger partial charge in [0.25, 0.3) is 0 Å². The second-order valence-corrected chi connectivity index (χ2v) is 4.89. The summed E-state index contributed by atoms with van der Waals surface area (Å²) in [5.41, 5.74) is 5.69. The lowest BCUT2D eigenvalue weighted by atomic mass is 9.92. The third-order valence-electron chi connectivity index (χ3n) is 3.29. The third-order valence-corrected chi connectivity index (χ3v) is 3.29. The van der Waals surface area contributed by atoms with Gasteiger partial charge < -0.3 is 15.9 Å². The normalized spacial score (nSPS) is 16.5. The molecule has 0 aromatic heterocycles. The van der Waals surface area contributed by atoms with Crippen LogP contribution in [0.5, 0.6) is 0 Å². The molecule has 0 fully saturated rings. The molecule has 3 unspecified atom stereocenters. The van der Waals surface area contributed by atoms with Gasteiger partial charge in [0.2, 0.25) is 0 Å². The first-order chi connectivity index (χ1) is 8.00. The van der Waals surface area contributed by atoms with E-state index in [4.69, 9.17) is 10.8 Å². The van der Waals surface area contributed by atoms with Crippen LogP contribution in [0.25, 0.3) is 0 Å². The first-order valence-corrected chi connectivity index (χ1v) is 6.67. The Labute approximate surface area is 104 Å². The lowest BCUT2D eigenvalue weighted by molar-refractivity contribution is -0.148. The fourth-order valence-electron chi connectivity index (χ4n) is 1.91. The molecule has 0 aliphatic rings. The monoisotopic (exact) mass is 245 g/mol. The number of aliphatic hydroxyl groups is 1. The molecule has 4 heteroatoms. The third kappa shape index (κ3) is 7.34. The van der Waals surface area contributed by atoms with Crippen LogP contribution < -0.4 is 5.73 Å².